The summed E-state index contributed by atoms with van der Waals surface area (Å²) < 4.78 is 1.67. The van der Waals surface area contributed by atoms with Gasteiger partial charge in [-0.1, -0.05) is 11.6 Å². The Morgan fingerprint density at radius 1 is 1.50 bits per heavy atom. The lowest BCUT2D eigenvalue weighted by molar-refractivity contribution is 0.0702. The first kappa shape index (κ1) is 9.96. The van der Waals surface area contributed by atoms with Gasteiger partial charge in [0.2, 0.25) is 0 Å². The molecule has 14 heavy (non-hydrogen) atoms. The van der Waals surface area contributed by atoms with E-state index in [0.29, 0.717) is 9.90 Å². The fraction of sp³-hybridized carbons (Fsp3) is 0. The van der Waals surface area contributed by atoms with Crippen LogP contribution in [0.25, 0.3) is 10.1 Å². The lowest BCUT2D eigenvalue weighted by Crippen LogP contribution is -1.89. The van der Waals surface area contributed by atoms with E-state index in [0.717, 1.165) is 14.6 Å². The van der Waals surface area contributed by atoms with E-state index < -0.39 is 5.97 Å². The number of rotatable bonds is 1. The van der Waals surface area contributed by atoms with Gasteiger partial charge in [0, 0.05) is 14.6 Å². The average Bonchev–Trinajstić information content (AvgIpc) is 2.56. The Bertz CT molecular complexity index is 521. The molecule has 0 saturated heterocycles. The Balaban J connectivity index is 2.77. The van der Waals surface area contributed by atoms with Gasteiger partial charge in [-0.25, -0.2) is 4.79 Å². The van der Waals surface area contributed by atoms with Crippen LogP contribution in [0.5, 0.6) is 0 Å². The van der Waals surface area contributed by atoms with Crippen LogP contribution in [-0.2, 0) is 0 Å². The maximum absolute atomic E-state index is 10.7. The van der Waals surface area contributed by atoms with Gasteiger partial charge < -0.3 is 5.11 Å². The lowest BCUT2D eigenvalue weighted by atomic mass is 10.2. The molecule has 1 N–H and O–H groups in total. The predicted molar refractivity (Wildman–Crippen MR) is 61.5 cm³/mol. The summed E-state index contributed by atoms with van der Waals surface area (Å²) >= 11 is 10.5. The highest BCUT2D eigenvalue weighted by Crippen LogP contribution is 2.35. The van der Waals surface area contributed by atoms with Crippen LogP contribution < -0.4 is 0 Å². The zero-order valence-corrected chi connectivity index (χ0v) is 9.91. The first-order valence-electron chi connectivity index (χ1n) is 3.70. The van der Waals surface area contributed by atoms with E-state index in [4.69, 9.17) is 16.7 Å². The van der Waals surface area contributed by atoms with Crippen molar-refractivity contribution < 1.29 is 9.90 Å². The number of carbonyl (C=O) groups is 1. The predicted octanol–water partition coefficient (Wildman–Crippen LogP) is 4.02. The number of hydrogen-bond acceptors (Lipinski definition) is 2. The van der Waals surface area contributed by atoms with Gasteiger partial charge >= 0.3 is 5.97 Å². The van der Waals surface area contributed by atoms with Gasteiger partial charge in [0.05, 0.1) is 5.02 Å². The van der Waals surface area contributed by atoms with Crippen LogP contribution in [0, 0.1) is 0 Å². The third kappa shape index (κ3) is 1.54. The first-order chi connectivity index (χ1) is 6.59. The maximum atomic E-state index is 10.7. The second-order valence-corrected chi connectivity index (χ2v) is 4.97. The fourth-order valence-electron chi connectivity index (χ4n) is 1.16. The molecule has 0 atom stereocenters. The summed E-state index contributed by atoms with van der Waals surface area (Å²) in [6.07, 6.45) is 0. The lowest BCUT2D eigenvalue weighted by Gasteiger charge is -1.95. The molecular weight excluding hydrogens is 288 g/mol. The molecule has 1 heterocycles. The van der Waals surface area contributed by atoms with Crippen molar-refractivity contribution in [3.05, 3.63) is 32.6 Å². The molecule has 0 bridgehead atoms. The molecule has 0 aliphatic heterocycles. The van der Waals surface area contributed by atoms with Crippen molar-refractivity contribution in [3.63, 3.8) is 0 Å². The van der Waals surface area contributed by atoms with E-state index in [2.05, 4.69) is 15.9 Å². The highest BCUT2D eigenvalue weighted by molar-refractivity contribution is 9.10. The topological polar surface area (TPSA) is 37.3 Å². The number of carboxylic acid groups (broad SMARTS) is 1. The van der Waals surface area contributed by atoms with Crippen molar-refractivity contribution in [1.82, 2.24) is 0 Å². The number of aromatic carboxylic acids is 1. The largest absolute Gasteiger partial charge is 0.477 e. The van der Waals surface area contributed by atoms with Crippen molar-refractivity contribution in [2.45, 2.75) is 0 Å². The number of carboxylic acids is 1. The molecule has 2 aromatic rings. The van der Waals surface area contributed by atoms with E-state index in [1.807, 2.05) is 6.07 Å². The van der Waals surface area contributed by atoms with Crippen LogP contribution in [0.3, 0.4) is 0 Å². The first-order valence-corrected chi connectivity index (χ1v) is 5.69. The van der Waals surface area contributed by atoms with Gasteiger partial charge in [0.1, 0.15) is 4.88 Å². The zero-order chi connectivity index (χ0) is 10.3. The number of benzene rings is 1. The molecule has 0 aliphatic carbocycles. The summed E-state index contributed by atoms with van der Waals surface area (Å²) in [5.74, 6) is -0.908. The Hall–Kier alpha value is -0.580. The summed E-state index contributed by atoms with van der Waals surface area (Å²) in [6, 6.07) is 5.19. The van der Waals surface area contributed by atoms with Crippen molar-refractivity contribution in [2.24, 2.45) is 0 Å². The van der Waals surface area contributed by atoms with E-state index >= 15 is 0 Å². The van der Waals surface area contributed by atoms with Gasteiger partial charge in [-0.15, -0.1) is 11.3 Å². The summed E-state index contributed by atoms with van der Waals surface area (Å²) in [5.41, 5.74) is 0. The number of hydrogen-bond donors (Lipinski definition) is 1. The summed E-state index contributed by atoms with van der Waals surface area (Å²) in [5, 5.41) is 10.2. The molecule has 0 spiro atoms. The summed E-state index contributed by atoms with van der Waals surface area (Å²) in [4.78, 5) is 11.1. The maximum Gasteiger partial charge on any atom is 0.345 e. The molecule has 0 aliphatic rings. The highest BCUT2D eigenvalue weighted by atomic mass is 79.9. The molecule has 1 aromatic heterocycles. The Kier molecular flexibility index (Phi) is 2.51. The summed E-state index contributed by atoms with van der Waals surface area (Å²) in [7, 11) is 0. The molecule has 72 valence electrons. The normalized spacial score (nSPS) is 10.7. The number of halogens is 2. The van der Waals surface area contributed by atoms with Gasteiger partial charge in [-0.3, -0.25) is 0 Å². The minimum absolute atomic E-state index is 0.322. The van der Waals surface area contributed by atoms with Crippen LogP contribution in [-0.4, -0.2) is 11.1 Å². The number of thiophene rings is 1. The van der Waals surface area contributed by atoms with Crippen LogP contribution in [0.2, 0.25) is 5.02 Å². The fourth-order valence-corrected chi connectivity index (χ4v) is 2.82. The van der Waals surface area contributed by atoms with Crippen molar-refractivity contribution in [1.29, 1.82) is 0 Å². The van der Waals surface area contributed by atoms with Crippen LogP contribution >= 0.6 is 38.9 Å². The second-order valence-electron chi connectivity index (χ2n) is 2.69. The van der Waals surface area contributed by atoms with Crippen LogP contribution in [0.4, 0.5) is 0 Å². The molecular formula is C9H4BrClO2S. The molecule has 0 saturated carbocycles. The molecule has 0 unspecified atom stereocenters. The molecule has 1 aromatic carbocycles. The van der Waals surface area contributed by atoms with E-state index in [-0.39, 0.29) is 0 Å². The van der Waals surface area contributed by atoms with Gasteiger partial charge in [-0.05, 0) is 34.1 Å². The van der Waals surface area contributed by atoms with Gasteiger partial charge in [0.25, 0.3) is 0 Å². The molecule has 0 amide bonds. The van der Waals surface area contributed by atoms with Gasteiger partial charge in [0.15, 0.2) is 0 Å². The standard InChI is InChI=1S/C9H4BrClO2S/c10-8-4-3-7(9(12)13)14-6(4)2-1-5(8)11/h1-3H,(H,12,13). The van der Waals surface area contributed by atoms with Crippen molar-refractivity contribution >= 4 is 54.9 Å². The smallest absolute Gasteiger partial charge is 0.345 e. The Labute approximate surface area is 97.2 Å². The molecule has 0 fully saturated rings. The van der Waals surface area contributed by atoms with Crippen LogP contribution in [0.15, 0.2) is 22.7 Å². The quantitative estimate of drug-likeness (QED) is 0.862. The molecule has 5 heteroatoms. The van der Waals surface area contributed by atoms with Gasteiger partial charge in [-0.2, -0.15) is 0 Å². The molecule has 0 radical (unpaired) electrons. The third-order valence-electron chi connectivity index (χ3n) is 1.80. The summed E-state index contributed by atoms with van der Waals surface area (Å²) in [6.45, 7) is 0. The highest BCUT2D eigenvalue weighted by Gasteiger charge is 2.11. The van der Waals surface area contributed by atoms with E-state index in [1.165, 1.54) is 11.3 Å². The monoisotopic (exact) mass is 290 g/mol. The molecule has 2 rings (SSSR count). The second kappa shape index (κ2) is 3.53. The number of fused-ring (bicyclic) bond motifs is 1. The minimum atomic E-state index is -0.908. The Morgan fingerprint density at radius 3 is 2.86 bits per heavy atom. The SMILES string of the molecule is O=C(O)c1cc2c(Br)c(Cl)ccc2s1. The van der Waals surface area contributed by atoms with Crippen molar-refractivity contribution in [3.8, 4) is 0 Å². The zero-order valence-electron chi connectivity index (χ0n) is 6.75. The Morgan fingerprint density at radius 2 is 2.21 bits per heavy atom. The average molecular weight is 292 g/mol. The molecule has 2 nitrogen and oxygen atoms in total. The third-order valence-corrected chi connectivity index (χ3v) is 4.28. The van der Waals surface area contributed by atoms with Crippen molar-refractivity contribution in [2.75, 3.05) is 0 Å². The van der Waals surface area contributed by atoms with E-state index in [1.54, 1.807) is 12.1 Å². The van der Waals surface area contributed by atoms with E-state index in [9.17, 15) is 4.79 Å². The minimum Gasteiger partial charge on any atom is -0.477 e. The van der Waals surface area contributed by atoms with Crippen LogP contribution in [0.1, 0.15) is 9.67 Å².